The number of rotatable bonds is 4. The van der Waals surface area contributed by atoms with Crippen molar-refractivity contribution in [2.24, 2.45) is 0 Å². The number of methoxy groups -OCH3 is 1. The zero-order valence-corrected chi connectivity index (χ0v) is 16.5. The van der Waals surface area contributed by atoms with E-state index in [9.17, 15) is 9.59 Å². The summed E-state index contributed by atoms with van der Waals surface area (Å²) in [6, 6.07) is 3.55. The Hall–Kier alpha value is -2.19. The second-order valence-electron chi connectivity index (χ2n) is 6.74. The van der Waals surface area contributed by atoms with Gasteiger partial charge >= 0.3 is 0 Å². The number of Topliss-reactive ketones (excluding diaryl/α,β-unsaturated/α-hetero) is 1. The molecule has 1 amide bonds. The molecule has 0 radical (unpaired) electrons. The van der Waals surface area contributed by atoms with Crippen molar-refractivity contribution >= 4 is 46.0 Å². The smallest absolute Gasteiger partial charge is 0.300 e. The maximum atomic E-state index is 12.6. The fraction of sp³-hybridized carbons (Fsp3) is 0.333. The predicted octanol–water partition coefficient (Wildman–Crippen LogP) is 3.35. The normalized spacial score (nSPS) is 17.4. The minimum atomic E-state index is -0.577. The van der Waals surface area contributed by atoms with Crippen molar-refractivity contribution in [1.29, 1.82) is 0 Å². The first kappa shape index (κ1) is 17.2. The van der Waals surface area contributed by atoms with Gasteiger partial charge in [0.25, 0.3) is 11.7 Å². The van der Waals surface area contributed by atoms with Gasteiger partial charge in [-0.15, -0.1) is 10.2 Å². The summed E-state index contributed by atoms with van der Waals surface area (Å²) in [7, 11) is 1.56. The van der Waals surface area contributed by atoms with Crippen LogP contribution in [0.2, 0.25) is 0 Å². The van der Waals surface area contributed by atoms with Gasteiger partial charge in [-0.05, 0) is 38.5 Å². The van der Waals surface area contributed by atoms with Gasteiger partial charge in [-0.2, -0.15) is 0 Å². The van der Waals surface area contributed by atoms with Crippen LogP contribution in [0.4, 0.5) is 5.69 Å². The number of anilines is 1. The Morgan fingerprint density at radius 2 is 1.96 bits per heavy atom. The summed E-state index contributed by atoms with van der Waals surface area (Å²) in [6.45, 7) is 5.81. The molecule has 2 aliphatic heterocycles. The molecule has 1 aromatic heterocycles. The van der Waals surface area contributed by atoms with Gasteiger partial charge in [-0.25, -0.2) is 0 Å². The monoisotopic (exact) mass is 387 g/mol. The van der Waals surface area contributed by atoms with Crippen LogP contribution in [0.1, 0.15) is 34.8 Å². The van der Waals surface area contributed by atoms with Crippen molar-refractivity contribution in [1.82, 2.24) is 10.2 Å². The number of hydrogen-bond donors (Lipinski definition) is 0. The predicted molar refractivity (Wildman–Crippen MR) is 102 cm³/mol. The molecular weight excluding hydrogens is 370 g/mol. The number of aryl methyl sites for hydroxylation is 1. The summed E-state index contributed by atoms with van der Waals surface area (Å²) in [5, 5.41) is 9.13. The number of carbonyl (C=O) groups is 2. The van der Waals surface area contributed by atoms with E-state index in [1.807, 2.05) is 26.8 Å². The lowest BCUT2D eigenvalue weighted by Gasteiger charge is -2.38. The van der Waals surface area contributed by atoms with Crippen LogP contribution in [-0.4, -0.2) is 40.3 Å². The molecule has 0 saturated carbocycles. The molecule has 2 aliphatic rings. The molecule has 0 atom stereocenters. The lowest BCUT2D eigenvalue weighted by molar-refractivity contribution is -0.115. The zero-order valence-electron chi connectivity index (χ0n) is 14.8. The van der Waals surface area contributed by atoms with Crippen molar-refractivity contribution in [2.75, 3.05) is 17.8 Å². The van der Waals surface area contributed by atoms with E-state index in [-0.39, 0.29) is 0 Å². The SMILES string of the molecule is COc1cc2c3c(c1)C(CSc1nnc(C)s1)=CC(C)(C)N3C(=O)C2=O. The van der Waals surface area contributed by atoms with Gasteiger partial charge in [0.2, 0.25) is 0 Å². The molecule has 0 bridgehead atoms. The Bertz CT molecular complexity index is 978. The molecule has 0 saturated heterocycles. The van der Waals surface area contributed by atoms with E-state index in [0.29, 0.717) is 22.8 Å². The molecule has 2 aromatic rings. The van der Waals surface area contributed by atoms with E-state index in [1.165, 1.54) is 0 Å². The van der Waals surface area contributed by atoms with E-state index < -0.39 is 17.2 Å². The fourth-order valence-electron chi connectivity index (χ4n) is 3.42. The summed E-state index contributed by atoms with van der Waals surface area (Å²) >= 11 is 3.15. The summed E-state index contributed by atoms with van der Waals surface area (Å²) in [5.41, 5.74) is 2.46. The highest BCUT2D eigenvalue weighted by Crippen LogP contribution is 2.48. The van der Waals surface area contributed by atoms with Gasteiger partial charge in [0, 0.05) is 11.3 Å². The lowest BCUT2D eigenvalue weighted by Crippen LogP contribution is -2.47. The standard InChI is InChI=1S/C18H17N3O3S2/c1-9-19-20-17(26-9)25-8-10-7-18(2,3)21-14-12(10)5-11(24-4)6-13(14)15(22)16(21)23/h5-7H,8H2,1-4H3. The number of nitrogens with zero attached hydrogens (tertiary/aromatic N) is 3. The van der Waals surface area contributed by atoms with Crippen molar-refractivity contribution in [3.8, 4) is 5.75 Å². The summed E-state index contributed by atoms with van der Waals surface area (Å²) < 4.78 is 6.25. The van der Waals surface area contributed by atoms with Crippen LogP contribution in [0, 0.1) is 6.92 Å². The molecule has 1 aromatic carbocycles. The molecular formula is C18H17N3O3S2. The Labute approximate surface area is 159 Å². The average Bonchev–Trinajstić information content (AvgIpc) is 3.12. The molecule has 3 heterocycles. The summed E-state index contributed by atoms with van der Waals surface area (Å²) in [6.07, 6.45) is 2.05. The second-order valence-corrected chi connectivity index (χ2v) is 9.14. The fourth-order valence-corrected chi connectivity index (χ4v) is 5.22. The maximum absolute atomic E-state index is 12.6. The quantitative estimate of drug-likeness (QED) is 0.592. The highest BCUT2D eigenvalue weighted by atomic mass is 32.2. The van der Waals surface area contributed by atoms with E-state index in [0.717, 1.165) is 20.5 Å². The number of ether oxygens (including phenoxy) is 1. The van der Waals surface area contributed by atoms with Crippen molar-refractivity contribution in [3.05, 3.63) is 34.3 Å². The molecule has 4 rings (SSSR count). The number of thioether (sulfide) groups is 1. The van der Waals surface area contributed by atoms with Gasteiger partial charge in [0.1, 0.15) is 10.8 Å². The lowest BCUT2D eigenvalue weighted by atomic mass is 9.89. The molecule has 0 fully saturated rings. The van der Waals surface area contributed by atoms with Gasteiger partial charge in [-0.1, -0.05) is 29.2 Å². The van der Waals surface area contributed by atoms with E-state index in [4.69, 9.17) is 4.74 Å². The van der Waals surface area contributed by atoms with Crippen LogP contribution in [0.25, 0.3) is 5.57 Å². The minimum Gasteiger partial charge on any atom is -0.497 e. The third-order valence-electron chi connectivity index (χ3n) is 4.49. The number of hydrogen-bond acceptors (Lipinski definition) is 7. The van der Waals surface area contributed by atoms with Crippen LogP contribution < -0.4 is 9.64 Å². The second kappa shape index (κ2) is 5.92. The van der Waals surface area contributed by atoms with Crippen LogP contribution >= 0.6 is 23.1 Å². The molecule has 6 nitrogen and oxygen atoms in total. The molecule has 8 heteroatoms. The Balaban J connectivity index is 1.81. The number of ketones is 1. The van der Waals surface area contributed by atoms with E-state index in [2.05, 4.69) is 16.3 Å². The number of benzene rings is 1. The number of amides is 1. The topological polar surface area (TPSA) is 72.4 Å². The van der Waals surface area contributed by atoms with Gasteiger partial charge in [0.05, 0.1) is 23.9 Å². The molecule has 0 aliphatic carbocycles. The Morgan fingerprint density at radius 3 is 2.62 bits per heavy atom. The molecule has 0 unspecified atom stereocenters. The van der Waals surface area contributed by atoms with E-state index in [1.54, 1.807) is 41.2 Å². The van der Waals surface area contributed by atoms with Crippen LogP contribution in [0.15, 0.2) is 22.5 Å². The summed E-state index contributed by atoms with van der Waals surface area (Å²) in [5.74, 6) is 0.287. The molecule has 0 N–H and O–H groups in total. The minimum absolute atomic E-state index is 0.416. The Morgan fingerprint density at radius 1 is 1.23 bits per heavy atom. The van der Waals surface area contributed by atoms with Crippen LogP contribution in [0.3, 0.4) is 0 Å². The van der Waals surface area contributed by atoms with Crippen LogP contribution in [-0.2, 0) is 4.79 Å². The number of carbonyl (C=O) groups excluding carboxylic acids is 2. The van der Waals surface area contributed by atoms with Gasteiger partial charge < -0.3 is 4.74 Å². The Kier molecular flexibility index (Phi) is 3.92. The van der Waals surface area contributed by atoms with Crippen molar-refractivity contribution < 1.29 is 14.3 Å². The van der Waals surface area contributed by atoms with Gasteiger partial charge in [-0.3, -0.25) is 14.5 Å². The largest absolute Gasteiger partial charge is 0.497 e. The van der Waals surface area contributed by atoms with Gasteiger partial charge in [0.15, 0.2) is 4.34 Å². The first-order valence-electron chi connectivity index (χ1n) is 8.08. The third kappa shape index (κ3) is 2.55. The molecule has 134 valence electrons. The highest BCUT2D eigenvalue weighted by Gasteiger charge is 2.47. The first-order valence-corrected chi connectivity index (χ1v) is 9.88. The highest BCUT2D eigenvalue weighted by molar-refractivity contribution is 8.01. The molecule has 26 heavy (non-hydrogen) atoms. The zero-order chi connectivity index (χ0) is 18.6. The first-order chi connectivity index (χ1) is 12.3. The maximum Gasteiger partial charge on any atom is 0.300 e. The van der Waals surface area contributed by atoms with Crippen molar-refractivity contribution in [3.63, 3.8) is 0 Å². The van der Waals surface area contributed by atoms with E-state index >= 15 is 0 Å². The van der Waals surface area contributed by atoms with Crippen LogP contribution in [0.5, 0.6) is 5.75 Å². The summed E-state index contributed by atoms with van der Waals surface area (Å²) in [4.78, 5) is 26.7. The third-order valence-corrected chi connectivity index (χ3v) is 6.51. The average molecular weight is 387 g/mol. The number of aromatic nitrogens is 2. The van der Waals surface area contributed by atoms with Crippen molar-refractivity contribution in [2.45, 2.75) is 30.6 Å². The molecule has 0 spiro atoms.